The van der Waals surface area contributed by atoms with Gasteiger partial charge in [0.25, 0.3) is 0 Å². The molecule has 0 bridgehead atoms. The van der Waals surface area contributed by atoms with Gasteiger partial charge in [-0.15, -0.1) is 0 Å². The Morgan fingerprint density at radius 1 is 1.27 bits per heavy atom. The number of thioether (sulfide) groups is 1. The molecule has 0 unspecified atom stereocenters. The highest BCUT2D eigenvalue weighted by molar-refractivity contribution is 9.10. The second-order valence-corrected chi connectivity index (χ2v) is 7.33. The maximum absolute atomic E-state index is 12.1. The fraction of sp³-hybridized carbons (Fsp3) is 0.500. The quantitative estimate of drug-likeness (QED) is 0.685. The van der Waals surface area contributed by atoms with E-state index >= 15 is 0 Å². The molecule has 6 heteroatoms. The molecule has 0 aromatic heterocycles. The second kappa shape index (κ2) is 10.2. The number of nitrogens with zero attached hydrogens (tertiary/aromatic N) is 1. The summed E-state index contributed by atoms with van der Waals surface area (Å²) in [6.07, 6.45) is 0.860. The van der Waals surface area contributed by atoms with E-state index in [2.05, 4.69) is 46.9 Å². The zero-order valence-corrected chi connectivity index (χ0v) is 16.5. The minimum Gasteiger partial charge on any atom is -0.358 e. The SMILES string of the molecule is CC[C@H](NC(=O)CSC(=S)N(CC)CC)c1ccc(Br)cc1. The van der Waals surface area contributed by atoms with Crippen molar-refractivity contribution in [1.82, 2.24) is 10.2 Å². The normalized spacial score (nSPS) is 11.8. The van der Waals surface area contributed by atoms with Crippen molar-refractivity contribution >= 4 is 50.1 Å². The Bertz CT molecular complexity index is 489. The molecule has 0 spiro atoms. The third-order valence-electron chi connectivity index (χ3n) is 3.36. The average molecular weight is 403 g/mol. The minimum atomic E-state index is 0.0225. The molecule has 0 radical (unpaired) electrons. The summed E-state index contributed by atoms with van der Waals surface area (Å²) in [7, 11) is 0. The van der Waals surface area contributed by atoms with Gasteiger partial charge in [0.2, 0.25) is 5.91 Å². The van der Waals surface area contributed by atoms with E-state index in [9.17, 15) is 4.79 Å². The standard InChI is InChI=1S/C16H23BrN2OS2/c1-4-14(12-7-9-13(17)10-8-12)18-15(20)11-22-16(21)19(5-2)6-3/h7-10,14H,4-6,11H2,1-3H3,(H,18,20)/t14-/m0/s1. The number of nitrogens with one attached hydrogen (secondary N) is 1. The first kappa shape index (κ1) is 19.5. The number of hydrogen-bond acceptors (Lipinski definition) is 3. The number of thiocarbonyl (C=S) groups is 1. The van der Waals surface area contributed by atoms with Gasteiger partial charge in [-0.05, 0) is 38.0 Å². The van der Waals surface area contributed by atoms with E-state index in [4.69, 9.17) is 12.2 Å². The first-order valence-electron chi connectivity index (χ1n) is 7.48. The number of rotatable bonds is 7. The van der Waals surface area contributed by atoms with E-state index in [1.54, 1.807) is 0 Å². The topological polar surface area (TPSA) is 32.3 Å². The summed E-state index contributed by atoms with van der Waals surface area (Å²) in [5.74, 6) is 0.386. The van der Waals surface area contributed by atoms with E-state index in [1.807, 2.05) is 24.3 Å². The van der Waals surface area contributed by atoms with Crippen LogP contribution in [0.4, 0.5) is 0 Å². The maximum atomic E-state index is 12.1. The van der Waals surface area contributed by atoms with Crippen LogP contribution in [0.5, 0.6) is 0 Å². The van der Waals surface area contributed by atoms with Gasteiger partial charge in [0, 0.05) is 17.6 Å². The van der Waals surface area contributed by atoms with E-state index in [0.717, 1.165) is 33.9 Å². The monoisotopic (exact) mass is 402 g/mol. The lowest BCUT2D eigenvalue weighted by molar-refractivity contribution is -0.119. The summed E-state index contributed by atoms with van der Waals surface area (Å²) in [5, 5.41) is 3.08. The highest BCUT2D eigenvalue weighted by Gasteiger charge is 2.14. The molecule has 3 nitrogen and oxygen atoms in total. The highest BCUT2D eigenvalue weighted by atomic mass is 79.9. The zero-order chi connectivity index (χ0) is 16.5. The van der Waals surface area contributed by atoms with E-state index in [1.165, 1.54) is 11.8 Å². The van der Waals surface area contributed by atoms with E-state index in [0.29, 0.717) is 5.75 Å². The number of hydrogen-bond donors (Lipinski definition) is 1. The third kappa shape index (κ3) is 6.26. The molecule has 1 aromatic carbocycles. The van der Waals surface area contributed by atoms with Crippen molar-refractivity contribution < 1.29 is 4.79 Å². The summed E-state index contributed by atoms with van der Waals surface area (Å²) in [4.78, 5) is 14.2. The van der Waals surface area contributed by atoms with Gasteiger partial charge in [-0.3, -0.25) is 4.79 Å². The number of amides is 1. The fourth-order valence-corrected chi connectivity index (χ4v) is 3.53. The van der Waals surface area contributed by atoms with Crippen molar-refractivity contribution in [2.24, 2.45) is 0 Å². The number of halogens is 1. The lowest BCUT2D eigenvalue weighted by Gasteiger charge is -2.21. The molecule has 1 N–H and O–H groups in total. The molecule has 22 heavy (non-hydrogen) atoms. The summed E-state index contributed by atoms with van der Waals surface area (Å²) in [5.41, 5.74) is 1.12. The summed E-state index contributed by atoms with van der Waals surface area (Å²) in [6, 6.07) is 8.10. The molecular weight excluding hydrogens is 380 g/mol. The third-order valence-corrected chi connectivity index (χ3v) is 5.42. The molecule has 0 saturated carbocycles. The average Bonchev–Trinajstić information content (AvgIpc) is 2.52. The minimum absolute atomic E-state index is 0.0225. The zero-order valence-electron chi connectivity index (χ0n) is 13.3. The smallest absolute Gasteiger partial charge is 0.230 e. The van der Waals surface area contributed by atoms with E-state index in [-0.39, 0.29) is 11.9 Å². The molecule has 1 atom stereocenters. The Hall–Kier alpha value is -0.590. The molecule has 0 fully saturated rings. The summed E-state index contributed by atoms with van der Waals surface area (Å²) < 4.78 is 1.83. The van der Waals surface area contributed by atoms with Crippen molar-refractivity contribution in [2.75, 3.05) is 18.8 Å². The molecule has 0 aliphatic heterocycles. The van der Waals surface area contributed by atoms with Crippen LogP contribution in [0.1, 0.15) is 38.8 Å². The first-order chi connectivity index (χ1) is 10.5. The molecular formula is C16H23BrN2OS2. The van der Waals surface area contributed by atoms with Gasteiger partial charge in [0.15, 0.2) is 0 Å². The van der Waals surface area contributed by atoms with Gasteiger partial charge in [0.1, 0.15) is 4.32 Å². The molecule has 1 amide bonds. The molecule has 0 heterocycles. The van der Waals surface area contributed by atoms with Crippen LogP contribution in [-0.4, -0.2) is 34.0 Å². The molecule has 0 aliphatic rings. The van der Waals surface area contributed by atoms with Crippen LogP contribution in [0, 0.1) is 0 Å². The molecule has 122 valence electrons. The Morgan fingerprint density at radius 3 is 2.36 bits per heavy atom. The molecule has 0 aliphatic carbocycles. The second-order valence-electron chi connectivity index (χ2n) is 4.81. The number of carbonyl (C=O) groups is 1. The maximum Gasteiger partial charge on any atom is 0.230 e. The predicted molar refractivity (Wildman–Crippen MR) is 103 cm³/mol. The highest BCUT2D eigenvalue weighted by Crippen LogP contribution is 2.20. The lowest BCUT2D eigenvalue weighted by atomic mass is 10.0. The summed E-state index contributed by atoms with van der Waals surface area (Å²) >= 11 is 10.2. The van der Waals surface area contributed by atoms with Gasteiger partial charge in [-0.1, -0.05) is 59.0 Å². The van der Waals surface area contributed by atoms with E-state index < -0.39 is 0 Å². The fourth-order valence-electron chi connectivity index (χ4n) is 2.05. The Balaban J connectivity index is 2.52. The van der Waals surface area contributed by atoms with Crippen LogP contribution in [0.3, 0.4) is 0 Å². The predicted octanol–water partition coefficient (Wildman–Crippen LogP) is 4.38. The van der Waals surface area contributed by atoms with Gasteiger partial charge in [0.05, 0.1) is 11.8 Å². The van der Waals surface area contributed by atoms with Gasteiger partial charge in [-0.25, -0.2) is 0 Å². The van der Waals surface area contributed by atoms with Crippen molar-refractivity contribution in [3.63, 3.8) is 0 Å². The van der Waals surface area contributed by atoms with Crippen molar-refractivity contribution in [3.05, 3.63) is 34.3 Å². The van der Waals surface area contributed by atoms with Crippen LogP contribution >= 0.6 is 39.9 Å². The van der Waals surface area contributed by atoms with Gasteiger partial charge in [-0.2, -0.15) is 0 Å². The number of benzene rings is 1. The van der Waals surface area contributed by atoms with Crippen LogP contribution in [-0.2, 0) is 4.79 Å². The van der Waals surface area contributed by atoms with Crippen LogP contribution in [0.15, 0.2) is 28.7 Å². The van der Waals surface area contributed by atoms with Gasteiger partial charge < -0.3 is 10.2 Å². The van der Waals surface area contributed by atoms with Crippen molar-refractivity contribution in [2.45, 2.75) is 33.2 Å². The molecule has 1 rings (SSSR count). The Labute approximate surface area is 151 Å². The van der Waals surface area contributed by atoms with Crippen molar-refractivity contribution in [1.29, 1.82) is 0 Å². The van der Waals surface area contributed by atoms with Crippen molar-refractivity contribution in [3.8, 4) is 0 Å². The van der Waals surface area contributed by atoms with Gasteiger partial charge >= 0.3 is 0 Å². The largest absolute Gasteiger partial charge is 0.358 e. The van der Waals surface area contributed by atoms with Crippen LogP contribution in [0.25, 0.3) is 0 Å². The Morgan fingerprint density at radius 2 is 1.86 bits per heavy atom. The lowest BCUT2D eigenvalue weighted by Crippen LogP contribution is -2.32. The molecule has 1 aromatic rings. The summed E-state index contributed by atoms with van der Waals surface area (Å²) in [6.45, 7) is 7.95. The van der Waals surface area contributed by atoms with Crippen LogP contribution < -0.4 is 5.32 Å². The Kier molecular flexibility index (Phi) is 9.05. The molecule has 0 saturated heterocycles. The number of carbonyl (C=O) groups excluding carboxylic acids is 1. The first-order valence-corrected chi connectivity index (χ1v) is 9.66. The van der Waals surface area contributed by atoms with Crippen LogP contribution in [0.2, 0.25) is 0 Å².